The summed E-state index contributed by atoms with van der Waals surface area (Å²) in [6.07, 6.45) is 5.58. The predicted molar refractivity (Wildman–Crippen MR) is 129 cm³/mol. The van der Waals surface area contributed by atoms with Crippen LogP contribution in [-0.2, 0) is 16.6 Å². The molecule has 0 unspecified atom stereocenters. The molecule has 11 heteroatoms. The molecule has 3 heterocycles. The Labute approximate surface area is 200 Å². The average molecular weight is 473 g/mol. The summed E-state index contributed by atoms with van der Waals surface area (Å²) in [6.45, 7) is 0. The minimum atomic E-state index is -0.862. The molecular weight excluding hydrogens is 450 g/mol. The Kier molecular flexibility index (Phi) is 5.73. The first-order chi connectivity index (χ1) is 17.0. The lowest BCUT2D eigenvalue weighted by atomic mass is 9.98. The molecule has 0 radical (unpaired) electrons. The first kappa shape index (κ1) is 22.3. The summed E-state index contributed by atoms with van der Waals surface area (Å²) in [6, 6.07) is 7.40. The summed E-state index contributed by atoms with van der Waals surface area (Å²) in [5, 5.41) is 11.5. The Balaban J connectivity index is 1.59. The molecule has 1 aliphatic rings. The van der Waals surface area contributed by atoms with E-state index in [1.807, 2.05) is 18.2 Å². The van der Waals surface area contributed by atoms with Gasteiger partial charge in [0.15, 0.2) is 5.82 Å². The number of esters is 1. The molecule has 1 fully saturated rings. The molecule has 35 heavy (non-hydrogen) atoms. The SMILES string of the molecule is CNc1ncc(-c2cccc(-c3ncn(C)n3)c2OC)c2cc(NC(=O)OC(=O)C3CC3)ncc12. The molecule has 1 aromatic carbocycles. The topological polar surface area (TPSA) is 133 Å². The fourth-order valence-electron chi connectivity index (χ4n) is 3.85. The van der Waals surface area contributed by atoms with Gasteiger partial charge in [-0.2, -0.15) is 5.10 Å². The highest BCUT2D eigenvalue weighted by atomic mass is 16.6. The molecule has 1 aliphatic carbocycles. The zero-order valence-corrected chi connectivity index (χ0v) is 19.4. The van der Waals surface area contributed by atoms with Crippen molar-refractivity contribution in [2.45, 2.75) is 12.8 Å². The van der Waals surface area contributed by atoms with Crippen molar-refractivity contribution in [1.82, 2.24) is 24.7 Å². The maximum absolute atomic E-state index is 12.2. The van der Waals surface area contributed by atoms with Crippen LogP contribution in [0.3, 0.4) is 0 Å². The van der Waals surface area contributed by atoms with Crippen LogP contribution in [0.25, 0.3) is 33.3 Å². The van der Waals surface area contributed by atoms with Gasteiger partial charge in [0.25, 0.3) is 0 Å². The van der Waals surface area contributed by atoms with E-state index >= 15 is 0 Å². The highest BCUT2D eigenvalue weighted by molar-refractivity contribution is 6.05. The Morgan fingerprint density at radius 1 is 1.06 bits per heavy atom. The Morgan fingerprint density at radius 3 is 2.54 bits per heavy atom. The number of carbonyl (C=O) groups is 2. The quantitative estimate of drug-likeness (QED) is 0.318. The van der Waals surface area contributed by atoms with Gasteiger partial charge in [0.2, 0.25) is 0 Å². The van der Waals surface area contributed by atoms with Crippen LogP contribution < -0.4 is 15.4 Å². The smallest absolute Gasteiger partial charge is 0.420 e. The Bertz CT molecular complexity index is 1450. The normalized spacial score (nSPS) is 12.9. The van der Waals surface area contributed by atoms with Crippen LogP contribution in [-0.4, -0.2) is 51.0 Å². The summed E-state index contributed by atoms with van der Waals surface area (Å²) in [7, 11) is 5.15. The zero-order chi connectivity index (χ0) is 24.5. The van der Waals surface area contributed by atoms with Crippen LogP contribution >= 0.6 is 0 Å². The molecule has 11 nitrogen and oxygen atoms in total. The Morgan fingerprint density at radius 2 is 1.86 bits per heavy atom. The molecule has 1 amide bonds. The van der Waals surface area contributed by atoms with E-state index < -0.39 is 12.1 Å². The summed E-state index contributed by atoms with van der Waals surface area (Å²) < 4.78 is 12.3. The van der Waals surface area contributed by atoms with E-state index in [0.717, 1.165) is 40.3 Å². The van der Waals surface area contributed by atoms with Crippen LogP contribution in [0, 0.1) is 5.92 Å². The standard InChI is InChI=1S/C24H23N7O4/c1-25-21-18-11-26-19(29-24(33)35-23(32)13-7-8-13)9-16(18)17(10-27-21)14-5-4-6-15(20(14)34-3)22-28-12-31(2)30-22/h4-6,9-13H,7-8H2,1-3H3,(H,25,27)(H,26,29,33). The van der Waals surface area contributed by atoms with Crippen molar-refractivity contribution < 1.29 is 19.1 Å². The van der Waals surface area contributed by atoms with Crippen molar-refractivity contribution in [3.8, 4) is 28.3 Å². The van der Waals surface area contributed by atoms with Crippen molar-refractivity contribution in [3.63, 3.8) is 0 Å². The first-order valence-corrected chi connectivity index (χ1v) is 11.0. The third-order valence-electron chi connectivity index (χ3n) is 5.69. The molecule has 1 saturated carbocycles. The predicted octanol–water partition coefficient (Wildman–Crippen LogP) is 3.63. The molecule has 0 atom stereocenters. The number of hydrogen-bond acceptors (Lipinski definition) is 9. The van der Waals surface area contributed by atoms with Gasteiger partial charge in [0.05, 0.1) is 18.6 Å². The van der Waals surface area contributed by atoms with Crippen LogP contribution in [0.15, 0.2) is 43.0 Å². The second-order valence-electron chi connectivity index (χ2n) is 8.12. The van der Waals surface area contributed by atoms with E-state index in [9.17, 15) is 9.59 Å². The van der Waals surface area contributed by atoms with Crippen molar-refractivity contribution in [1.29, 1.82) is 0 Å². The second-order valence-corrected chi connectivity index (χ2v) is 8.12. The molecule has 2 N–H and O–H groups in total. The maximum atomic E-state index is 12.2. The number of carbonyl (C=O) groups excluding carboxylic acids is 2. The van der Waals surface area contributed by atoms with Gasteiger partial charge in [-0.15, -0.1) is 0 Å². The molecule has 178 valence electrons. The van der Waals surface area contributed by atoms with Gasteiger partial charge in [-0.25, -0.2) is 19.7 Å². The highest BCUT2D eigenvalue weighted by Crippen LogP contribution is 2.41. The van der Waals surface area contributed by atoms with Gasteiger partial charge in [-0.05, 0) is 25.0 Å². The number of anilines is 2. The van der Waals surface area contributed by atoms with E-state index in [1.54, 1.807) is 50.7 Å². The molecule has 5 rings (SSSR count). The average Bonchev–Trinajstić information content (AvgIpc) is 3.63. The summed E-state index contributed by atoms with van der Waals surface area (Å²) in [5.74, 6) is 1.27. The first-order valence-electron chi connectivity index (χ1n) is 11.0. The van der Waals surface area contributed by atoms with Crippen molar-refractivity contribution in [2.75, 3.05) is 24.8 Å². The highest BCUT2D eigenvalue weighted by Gasteiger charge is 2.33. The van der Waals surface area contributed by atoms with Crippen LogP contribution in [0.4, 0.5) is 16.4 Å². The number of para-hydroxylation sites is 1. The van der Waals surface area contributed by atoms with Gasteiger partial charge in [-0.1, -0.05) is 12.1 Å². The van der Waals surface area contributed by atoms with Crippen LogP contribution in [0.5, 0.6) is 5.75 Å². The molecule has 4 aromatic rings. The number of pyridine rings is 2. The summed E-state index contributed by atoms with van der Waals surface area (Å²) >= 11 is 0. The van der Waals surface area contributed by atoms with E-state index in [4.69, 9.17) is 9.47 Å². The molecule has 0 aliphatic heterocycles. The van der Waals surface area contributed by atoms with Crippen LogP contribution in [0.2, 0.25) is 0 Å². The third kappa shape index (κ3) is 4.35. The third-order valence-corrected chi connectivity index (χ3v) is 5.69. The lowest BCUT2D eigenvalue weighted by Gasteiger charge is -2.16. The number of rotatable bonds is 6. The number of hydrogen-bond donors (Lipinski definition) is 2. The Hall–Kier alpha value is -4.54. The van der Waals surface area contributed by atoms with Crippen molar-refractivity contribution >= 4 is 34.5 Å². The van der Waals surface area contributed by atoms with Gasteiger partial charge in [-0.3, -0.25) is 14.8 Å². The zero-order valence-electron chi connectivity index (χ0n) is 19.4. The lowest BCUT2D eigenvalue weighted by Crippen LogP contribution is -2.20. The van der Waals surface area contributed by atoms with Crippen LogP contribution in [0.1, 0.15) is 12.8 Å². The van der Waals surface area contributed by atoms with E-state index in [1.165, 1.54) is 0 Å². The monoisotopic (exact) mass is 473 g/mol. The molecule has 0 saturated heterocycles. The minimum Gasteiger partial charge on any atom is -0.495 e. The number of nitrogens with one attached hydrogen (secondary N) is 2. The number of ether oxygens (including phenoxy) is 2. The molecule has 0 spiro atoms. The van der Waals surface area contributed by atoms with Crippen molar-refractivity contribution in [3.05, 3.63) is 43.0 Å². The number of benzene rings is 1. The number of aryl methyl sites for hydroxylation is 1. The van der Waals surface area contributed by atoms with Gasteiger partial charge in [0.1, 0.15) is 23.7 Å². The number of fused-ring (bicyclic) bond motifs is 1. The fourth-order valence-corrected chi connectivity index (χ4v) is 3.85. The van der Waals surface area contributed by atoms with E-state index in [2.05, 4.69) is 30.7 Å². The molecule has 0 bridgehead atoms. The maximum Gasteiger partial charge on any atom is 0.420 e. The summed E-state index contributed by atoms with van der Waals surface area (Å²) in [5.41, 5.74) is 2.24. The number of nitrogens with zero attached hydrogens (tertiary/aromatic N) is 5. The van der Waals surface area contributed by atoms with Gasteiger partial charge >= 0.3 is 12.1 Å². The van der Waals surface area contributed by atoms with E-state index in [-0.39, 0.29) is 11.7 Å². The number of aromatic nitrogens is 5. The number of methoxy groups -OCH3 is 1. The largest absolute Gasteiger partial charge is 0.495 e. The lowest BCUT2D eigenvalue weighted by molar-refractivity contribution is -0.138. The molecule has 3 aromatic heterocycles. The summed E-state index contributed by atoms with van der Waals surface area (Å²) in [4.78, 5) is 37.2. The minimum absolute atomic E-state index is 0.186. The van der Waals surface area contributed by atoms with Crippen molar-refractivity contribution in [2.24, 2.45) is 13.0 Å². The molecular formula is C24H23N7O4. The number of amides is 1. The van der Waals surface area contributed by atoms with Gasteiger partial charge in [0, 0.05) is 48.4 Å². The van der Waals surface area contributed by atoms with E-state index in [0.29, 0.717) is 17.4 Å². The second kappa shape index (κ2) is 9.01. The van der Waals surface area contributed by atoms with Gasteiger partial charge < -0.3 is 14.8 Å². The fraction of sp³-hybridized carbons (Fsp3) is 0.250.